The Morgan fingerprint density at radius 2 is 2.04 bits per heavy atom. The van der Waals surface area contributed by atoms with E-state index in [4.69, 9.17) is 14.9 Å². The van der Waals surface area contributed by atoms with Crippen molar-refractivity contribution in [3.05, 3.63) is 53.5 Å². The van der Waals surface area contributed by atoms with Crippen molar-refractivity contribution < 1.29 is 18.7 Å². The van der Waals surface area contributed by atoms with E-state index in [-0.39, 0.29) is 18.4 Å². The maximum atomic E-state index is 12.9. The zero-order valence-corrected chi connectivity index (χ0v) is 15.6. The van der Waals surface area contributed by atoms with Crippen LogP contribution in [0.4, 0.5) is 0 Å². The highest BCUT2D eigenvalue weighted by Crippen LogP contribution is 2.24. The van der Waals surface area contributed by atoms with Gasteiger partial charge in [0.25, 0.3) is 5.91 Å². The van der Waals surface area contributed by atoms with Crippen molar-refractivity contribution in [3.8, 4) is 5.75 Å². The van der Waals surface area contributed by atoms with Crippen LogP contribution in [0.5, 0.6) is 5.75 Å². The van der Waals surface area contributed by atoms with Crippen LogP contribution in [0.25, 0.3) is 0 Å². The molecule has 3 rings (SSSR count). The van der Waals surface area contributed by atoms with Crippen molar-refractivity contribution in [2.24, 2.45) is 11.7 Å². The number of nitrogens with zero attached hydrogens (tertiary/aromatic N) is 1. The molecule has 2 amide bonds. The molecule has 2 N–H and O–H groups in total. The van der Waals surface area contributed by atoms with Crippen LogP contribution in [0.2, 0.25) is 0 Å². The fourth-order valence-electron chi connectivity index (χ4n) is 3.43. The monoisotopic (exact) mass is 370 g/mol. The predicted octanol–water partition coefficient (Wildman–Crippen LogP) is 3.28. The number of amides is 2. The molecule has 0 saturated carbocycles. The zero-order valence-electron chi connectivity index (χ0n) is 15.6. The molecular weight excluding hydrogens is 344 g/mol. The molecule has 6 nitrogen and oxygen atoms in total. The second-order valence-corrected chi connectivity index (χ2v) is 7.12. The minimum absolute atomic E-state index is 0.0463. The number of hydrogen-bond donors (Lipinski definition) is 1. The average molecular weight is 370 g/mol. The van der Waals surface area contributed by atoms with Gasteiger partial charge in [0.05, 0.1) is 11.8 Å². The van der Waals surface area contributed by atoms with Crippen molar-refractivity contribution >= 4 is 11.8 Å². The minimum Gasteiger partial charge on any atom is -0.486 e. The molecule has 1 atom stereocenters. The van der Waals surface area contributed by atoms with Gasteiger partial charge >= 0.3 is 0 Å². The molecule has 0 radical (unpaired) electrons. The number of rotatable bonds is 7. The largest absolute Gasteiger partial charge is 0.486 e. The molecular formula is C21H26N2O4. The summed E-state index contributed by atoms with van der Waals surface area (Å²) in [4.78, 5) is 25.8. The Labute approximate surface area is 159 Å². The number of carbonyl (C=O) groups is 2. The first kappa shape index (κ1) is 19.0. The molecule has 27 heavy (non-hydrogen) atoms. The summed E-state index contributed by atoms with van der Waals surface area (Å²) >= 11 is 0. The first-order valence-corrected chi connectivity index (χ1v) is 9.36. The van der Waals surface area contributed by atoms with Gasteiger partial charge in [-0.2, -0.15) is 0 Å². The van der Waals surface area contributed by atoms with Crippen LogP contribution in [0.15, 0.2) is 41.0 Å². The Bertz CT molecular complexity index is 782. The van der Waals surface area contributed by atoms with Gasteiger partial charge in [0.15, 0.2) is 5.76 Å². The molecule has 2 heterocycles. The Hall–Kier alpha value is -2.76. The number of hydrogen-bond acceptors (Lipinski definition) is 4. The lowest BCUT2D eigenvalue weighted by molar-refractivity contribution is -0.118. The number of furan rings is 1. The SMILES string of the molecule is Cc1ccc(OCc2occc2C(=O)N2CCC[C@H](CCC(N)=O)C2)cc1. The first-order chi connectivity index (χ1) is 13.0. The van der Waals surface area contributed by atoms with Crippen molar-refractivity contribution in [2.75, 3.05) is 13.1 Å². The summed E-state index contributed by atoms with van der Waals surface area (Å²) in [5.74, 6) is 1.24. The molecule has 144 valence electrons. The van der Waals surface area contributed by atoms with Crippen molar-refractivity contribution in [1.82, 2.24) is 4.90 Å². The van der Waals surface area contributed by atoms with Crippen LogP contribution >= 0.6 is 0 Å². The first-order valence-electron chi connectivity index (χ1n) is 9.36. The van der Waals surface area contributed by atoms with Crippen LogP contribution in [0, 0.1) is 12.8 Å². The van der Waals surface area contributed by atoms with E-state index in [1.54, 1.807) is 6.07 Å². The Kier molecular flexibility index (Phi) is 6.16. The molecule has 1 aromatic heterocycles. The van der Waals surface area contributed by atoms with Crippen molar-refractivity contribution in [1.29, 1.82) is 0 Å². The molecule has 0 bridgehead atoms. The highest BCUT2D eigenvalue weighted by atomic mass is 16.5. The normalized spacial score (nSPS) is 16.9. The fraction of sp³-hybridized carbons (Fsp3) is 0.429. The smallest absolute Gasteiger partial charge is 0.257 e. The maximum absolute atomic E-state index is 12.9. The Morgan fingerprint density at radius 1 is 1.26 bits per heavy atom. The second-order valence-electron chi connectivity index (χ2n) is 7.12. The van der Waals surface area contributed by atoms with Gasteiger partial charge in [-0.15, -0.1) is 0 Å². The number of ether oxygens (including phenoxy) is 1. The van der Waals surface area contributed by atoms with E-state index in [9.17, 15) is 9.59 Å². The van der Waals surface area contributed by atoms with Gasteiger partial charge in [-0.25, -0.2) is 0 Å². The van der Waals surface area contributed by atoms with E-state index in [0.717, 1.165) is 37.1 Å². The summed E-state index contributed by atoms with van der Waals surface area (Å²) in [7, 11) is 0. The van der Waals surface area contributed by atoms with Crippen LogP contribution < -0.4 is 10.5 Å². The van der Waals surface area contributed by atoms with E-state index in [0.29, 0.717) is 30.2 Å². The number of piperidine rings is 1. The van der Waals surface area contributed by atoms with E-state index < -0.39 is 0 Å². The molecule has 1 saturated heterocycles. The molecule has 0 spiro atoms. The van der Waals surface area contributed by atoms with Crippen LogP contribution in [0.3, 0.4) is 0 Å². The van der Waals surface area contributed by atoms with Crippen LogP contribution in [-0.4, -0.2) is 29.8 Å². The third kappa shape index (κ3) is 5.12. The summed E-state index contributed by atoms with van der Waals surface area (Å²) in [6.07, 6.45) is 4.57. The summed E-state index contributed by atoms with van der Waals surface area (Å²) < 4.78 is 11.2. The second kappa shape index (κ2) is 8.75. The Balaban J connectivity index is 1.61. The average Bonchev–Trinajstić information content (AvgIpc) is 3.14. The number of likely N-dealkylation sites (tertiary alicyclic amines) is 1. The van der Waals surface area contributed by atoms with Gasteiger partial charge < -0.3 is 19.8 Å². The number of nitrogens with two attached hydrogens (primary N) is 1. The fourth-order valence-corrected chi connectivity index (χ4v) is 3.43. The van der Waals surface area contributed by atoms with E-state index in [1.807, 2.05) is 36.1 Å². The quantitative estimate of drug-likeness (QED) is 0.810. The van der Waals surface area contributed by atoms with E-state index >= 15 is 0 Å². The third-order valence-corrected chi connectivity index (χ3v) is 4.97. The zero-order chi connectivity index (χ0) is 19.2. The number of benzene rings is 1. The highest BCUT2D eigenvalue weighted by molar-refractivity contribution is 5.95. The predicted molar refractivity (Wildman–Crippen MR) is 101 cm³/mol. The van der Waals surface area contributed by atoms with Gasteiger partial charge in [-0.05, 0) is 50.3 Å². The summed E-state index contributed by atoms with van der Waals surface area (Å²) in [5, 5.41) is 0. The lowest BCUT2D eigenvalue weighted by Gasteiger charge is -2.32. The van der Waals surface area contributed by atoms with Gasteiger partial charge in [0, 0.05) is 19.5 Å². The number of aryl methyl sites for hydroxylation is 1. The topological polar surface area (TPSA) is 85.8 Å². The molecule has 1 aliphatic rings. The van der Waals surface area contributed by atoms with Crippen LogP contribution in [-0.2, 0) is 11.4 Å². The molecule has 0 unspecified atom stereocenters. The summed E-state index contributed by atoms with van der Waals surface area (Å²) in [6, 6.07) is 9.44. The van der Waals surface area contributed by atoms with E-state index in [1.165, 1.54) is 6.26 Å². The highest BCUT2D eigenvalue weighted by Gasteiger charge is 2.27. The standard InChI is InChI=1S/C21H26N2O4/c1-15-4-7-17(8-5-15)27-14-19-18(10-12-26-19)21(25)23-11-2-3-16(13-23)6-9-20(22)24/h4-5,7-8,10,12,16H,2-3,6,9,11,13-14H2,1H3,(H2,22,24)/t16-/m1/s1. The van der Waals surface area contributed by atoms with Gasteiger partial charge in [-0.3, -0.25) is 9.59 Å². The molecule has 1 fully saturated rings. The lowest BCUT2D eigenvalue weighted by atomic mass is 9.93. The van der Waals surface area contributed by atoms with E-state index in [2.05, 4.69) is 0 Å². The van der Waals surface area contributed by atoms with Gasteiger partial charge in [0.2, 0.25) is 5.91 Å². The minimum atomic E-state index is -0.288. The molecule has 1 aliphatic heterocycles. The van der Waals surface area contributed by atoms with Crippen LogP contribution in [0.1, 0.15) is 47.4 Å². The lowest BCUT2D eigenvalue weighted by Crippen LogP contribution is -2.40. The van der Waals surface area contributed by atoms with Gasteiger partial charge in [0.1, 0.15) is 12.4 Å². The third-order valence-electron chi connectivity index (χ3n) is 4.97. The Morgan fingerprint density at radius 3 is 2.78 bits per heavy atom. The maximum Gasteiger partial charge on any atom is 0.257 e. The summed E-state index contributed by atoms with van der Waals surface area (Å²) in [5.41, 5.74) is 6.94. The molecule has 2 aromatic rings. The molecule has 0 aliphatic carbocycles. The molecule has 6 heteroatoms. The van der Waals surface area contributed by atoms with Crippen molar-refractivity contribution in [3.63, 3.8) is 0 Å². The summed E-state index contributed by atoms with van der Waals surface area (Å²) in [6.45, 7) is 3.59. The van der Waals surface area contributed by atoms with Crippen molar-refractivity contribution in [2.45, 2.75) is 39.2 Å². The van der Waals surface area contributed by atoms with Gasteiger partial charge in [-0.1, -0.05) is 17.7 Å². The number of carbonyl (C=O) groups excluding carboxylic acids is 2. The number of primary amides is 1. The molecule has 1 aromatic carbocycles.